The van der Waals surface area contributed by atoms with E-state index in [-0.39, 0.29) is 0 Å². The summed E-state index contributed by atoms with van der Waals surface area (Å²) in [5.74, 6) is 2.11. The first-order valence-corrected chi connectivity index (χ1v) is 10.7. The third kappa shape index (κ3) is 4.27. The van der Waals surface area contributed by atoms with Crippen molar-refractivity contribution in [3.8, 4) is 22.8 Å². The normalized spacial score (nSPS) is 11.1. The number of hydrogen-bond acceptors (Lipinski definition) is 8. The average Bonchev–Trinajstić information content (AvgIpc) is 3.49. The molecular formula is C25H24N6O3. The van der Waals surface area contributed by atoms with Crippen LogP contribution < -0.4 is 14.4 Å². The minimum absolute atomic E-state index is 0.457. The Balaban J connectivity index is 1.62. The maximum Gasteiger partial charge on any atom is 0.156 e. The molecule has 0 unspecified atom stereocenters. The molecule has 0 aliphatic carbocycles. The number of rotatable bonds is 7. The van der Waals surface area contributed by atoms with Crippen molar-refractivity contribution in [1.29, 1.82) is 0 Å². The van der Waals surface area contributed by atoms with Gasteiger partial charge in [0.05, 0.1) is 55.6 Å². The van der Waals surface area contributed by atoms with Crippen LogP contribution in [0, 0.1) is 6.92 Å². The van der Waals surface area contributed by atoms with Gasteiger partial charge in [0.1, 0.15) is 11.5 Å². The smallest absolute Gasteiger partial charge is 0.156 e. The van der Waals surface area contributed by atoms with E-state index < -0.39 is 0 Å². The summed E-state index contributed by atoms with van der Waals surface area (Å²) in [7, 11) is 5.14. The van der Waals surface area contributed by atoms with Crippen molar-refractivity contribution in [2.75, 3.05) is 19.1 Å². The first kappa shape index (κ1) is 21.4. The Morgan fingerprint density at radius 1 is 0.941 bits per heavy atom. The Kier molecular flexibility index (Phi) is 5.59. The van der Waals surface area contributed by atoms with Crippen molar-refractivity contribution in [3.63, 3.8) is 0 Å². The van der Waals surface area contributed by atoms with Crippen molar-refractivity contribution >= 4 is 22.4 Å². The van der Waals surface area contributed by atoms with Gasteiger partial charge < -0.3 is 18.9 Å². The molecule has 0 radical (unpaired) electrons. The van der Waals surface area contributed by atoms with Gasteiger partial charge in [-0.2, -0.15) is 5.10 Å². The molecule has 5 rings (SSSR count). The predicted molar refractivity (Wildman–Crippen MR) is 128 cm³/mol. The summed E-state index contributed by atoms with van der Waals surface area (Å²) in [6.07, 6.45) is 5.46. The topological polar surface area (TPSA) is 91.3 Å². The first-order chi connectivity index (χ1) is 16.5. The average molecular weight is 457 g/mol. The van der Waals surface area contributed by atoms with Crippen LogP contribution in [-0.4, -0.2) is 39.1 Å². The zero-order valence-corrected chi connectivity index (χ0v) is 19.4. The van der Waals surface area contributed by atoms with Gasteiger partial charge in [-0.3, -0.25) is 9.67 Å². The Labute approximate surface area is 196 Å². The van der Waals surface area contributed by atoms with Gasteiger partial charge in [-0.25, -0.2) is 4.98 Å². The van der Waals surface area contributed by atoms with Crippen molar-refractivity contribution in [2.24, 2.45) is 7.05 Å². The first-order valence-electron chi connectivity index (χ1n) is 10.7. The second kappa shape index (κ2) is 8.86. The lowest BCUT2D eigenvalue weighted by atomic mass is 10.1. The lowest BCUT2D eigenvalue weighted by Crippen LogP contribution is -2.16. The molecule has 3 heterocycles. The number of nitrogens with zero attached hydrogens (tertiary/aromatic N) is 6. The van der Waals surface area contributed by atoms with Crippen LogP contribution in [0.1, 0.15) is 11.5 Å². The van der Waals surface area contributed by atoms with Gasteiger partial charge in [-0.1, -0.05) is 5.16 Å². The highest BCUT2D eigenvalue weighted by atomic mass is 16.5. The molecule has 0 spiro atoms. The van der Waals surface area contributed by atoms with Crippen LogP contribution in [-0.2, 0) is 13.6 Å². The largest absolute Gasteiger partial charge is 0.497 e. The fourth-order valence-electron chi connectivity index (χ4n) is 3.79. The molecule has 9 nitrogen and oxygen atoms in total. The van der Waals surface area contributed by atoms with Crippen LogP contribution in [0.4, 0.5) is 11.4 Å². The quantitative estimate of drug-likeness (QED) is 0.349. The van der Waals surface area contributed by atoms with E-state index in [2.05, 4.69) is 20.1 Å². The lowest BCUT2D eigenvalue weighted by molar-refractivity contribution is 0.380. The monoisotopic (exact) mass is 456 g/mol. The number of methoxy groups -OCH3 is 2. The molecule has 0 aliphatic heterocycles. The zero-order valence-electron chi connectivity index (χ0n) is 19.4. The summed E-state index contributed by atoms with van der Waals surface area (Å²) in [5, 5.41) is 8.28. The van der Waals surface area contributed by atoms with E-state index in [1.165, 1.54) is 0 Å². The van der Waals surface area contributed by atoms with Crippen molar-refractivity contribution in [2.45, 2.75) is 13.5 Å². The molecule has 0 atom stereocenters. The molecule has 0 fully saturated rings. The van der Waals surface area contributed by atoms with Crippen molar-refractivity contribution < 1.29 is 14.0 Å². The third-order valence-electron chi connectivity index (χ3n) is 5.48. The molecule has 0 N–H and O–H groups in total. The fourth-order valence-corrected chi connectivity index (χ4v) is 3.79. The lowest BCUT2D eigenvalue weighted by Gasteiger charge is -2.25. The Morgan fingerprint density at radius 3 is 2.38 bits per heavy atom. The van der Waals surface area contributed by atoms with Crippen LogP contribution in [0.2, 0.25) is 0 Å². The highest BCUT2D eigenvalue weighted by Crippen LogP contribution is 2.35. The number of fused-ring (bicyclic) bond motifs is 1. The molecule has 2 aromatic carbocycles. The van der Waals surface area contributed by atoms with Crippen LogP contribution in [0.3, 0.4) is 0 Å². The zero-order chi connectivity index (χ0) is 23.7. The molecule has 0 amide bonds. The third-order valence-corrected chi connectivity index (χ3v) is 5.48. The number of benzene rings is 2. The minimum atomic E-state index is 0.457. The minimum Gasteiger partial charge on any atom is -0.497 e. The molecule has 34 heavy (non-hydrogen) atoms. The fraction of sp³-hybridized carbons (Fsp3) is 0.200. The van der Waals surface area contributed by atoms with Gasteiger partial charge in [0.15, 0.2) is 5.76 Å². The van der Waals surface area contributed by atoms with Crippen molar-refractivity contribution in [1.82, 2.24) is 24.9 Å². The van der Waals surface area contributed by atoms with Crippen LogP contribution in [0.25, 0.3) is 22.3 Å². The van der Waals surface area contributed by atoms with E-state index in [9.17, 15) is 0 Å². The van der Waals surface area contributed by atoms with Crippen LogP contribution in [0.5, 0.6) is 11.5 Å². The maximum absolute atomic E-state index is 5.53. The van der Waals surface area contributed by atoms with Gasteiger partial charge in [0.25, 0.3) is 0 Å². The Hall–Kier alpha value is -4.40. The molecule has 0 aliphatic rings. The Bertz CT molecular complexity index is 1440. The van der Waals surface area contributed by atoms with Gasteiger partial charge in [-0.05, 0) is 25.1 Å². The van der Waals surface area contributed by atoms with Gasteiger partial charge >= 0.3 is 0 Å². The molecule has 0 saturated carbocycles. The maximum atomic E-state index is 5.53. The number of anilines is 2. The van der Waals surface area contributed by atoms with E-state index in [1.807, 2.05) is 62.6 Å². The summed E-state index contributed by atoms with van der Waals surface area (Å²) in [6, 6.07) is 13.6. The molecule has 3 aromatic heterocycles. The summed E-state index contributed by atoms with van der Waals surface area (Å²) in [4.78, 5) is 11.5. The van der Waals surface area contributed by atoms with E-state index >= 15 is 0 Å². The number of aromatic nitrogens is 5. The standard InChI is InChI=1S/C25H24N6O3/c1-16-7-22(34-29-16)15-31(19-8-20(32-3)11-21(9-19)33-4)18-5-6-23-24(10-18)28-25(13-26-23)17-12-27-30(2)14-17/h5-14H,15H2,1-4H3. The molecule has 5 aromatic rings. The number of aryl methyl sites for hydroxylation is 2. The summed E-state index contributed by atoms with van der Waals surface area (Å²) in [6.45, 7) is 2.36. The highest BCUT2D eigenvalue weighted by Gasteiger charge is 2.17. The predicted octanol–water partition coefficient (Wildman–Crippen LogP) is 4.68. The van der Waals surface area contributed by atoms with Crippen molar-refractivity contribution in [3.05, 3.63) is 72.5 Å². The second-order valence-electron chi connectivity index (χ2n) is 7.92. The Morgan fingerprint density at radius 2 is 1.74 bits per heavy atom. The summed E-state index contributed by atoms with van der Waals surface area (Å²) in [5.41, 5.74) is 5.86. The van der Waals surface area contributed by atoms with E-state index in [0.29, 0.717) is 18.0 Å². The van der Waals surface area contributed by atoms with Gasteiger partial charge in [-0.15, -0.1) is 0 Å². The van der Waals surface area contributed by atoms with E-state index in [0.717, 1.165) is 45.1 Å². The van der Waals surface area contributed by atoms with E-state index in [1.54, 1.807) is 31.3 Å². The molecule has 0 bridgehead atoms. The SMILES string of the molecule is COc1cc(OC)cc(N(Cc2cc(C)no2)c2ccc3ncc(-c4cnn(C)c4)nc3c2)c1. The summed E-state index contributed by atoms with van der Waals surface area (Å²) < 4.78 is 18.3. The number of hydrogen-bond donors (Lipinski definition) is 0. The summed E-state index contributed by atoms with van der Waals surface area (Å²) >= 11 is 0. The van der Waals surface area contributed by atoms with Gasteiger partial charge in [0, 0.05) is 54.4 Å². The highest BCUT2D eigenvalue weighted by molar-refractivity contribution is 5.82. The molecule has 9 heteroatoms. The molecular weight excluding hydrogens is 432 g/mol. The second-order valence-corrected chi connectivity index (χ2v) is 7.92. The van der Waals surface area contributed by atoms with E-state index in [4.69, 9.17) is 19.0 Å². The molecule has 172 valence electrons. The van der Waals surface area contributed by atoms with Crippen LogP contribution >= 0.6 is 0 Å². The van der Waals surface area contributed by atoms with Crippen LogP contribution in [0.15, 0.2) is 65.6 Å². The number of ether oxygens (including phenoxy) is 2. The van der Waals surface area contributed by atoms with Gasteiger partial charge in [0.2, 0.25) is 0 Å². The molecule has 0 saturated heterocycles.